The van der Waals surface area contributed by atoms with Gasteiger partial charge in [-0.1, -0.05) is 29.8 Å². The van der Waals surface area contributed by atoms with E-state index < -0.39 is 11.0 Å². The van der Waals surface area contributed by atoms with E-state index in [9.17, 15) is 4.79 Å². The molecule has 0 aliphatic heterocycles. The lowest BCUT2D eigenvalue weighted by Gasteiger charge is -2.37. The van der Waals surface area contributed by atoms with Crippen LogP contribution in [0.5, 0.6) is 5.75 Å². The van der Waals surface area contributed by atoms with E-state index in [0.29, 0.717) is 6.42 Å². The lowest BCUT2D eigenvalue weighted by molar-refractivity contribution is -0.129. The van der Waals surface area contributed by atoms with Gasteiger partial charge < -0.3 is 10.5 Å². The van der Waals surface area contributed by atoms with Crippen LogP contribution in [0, 0.1) is 5.41 Å². The third kappa shape index (κ3) is 3.57. The molecule has 0 heterocycles. The van der Waals surface area contributed by atoms with Crippen LogP contribution in [0.15, 0.2) is 22.7 Å². The summed E-state index contributed by atoms with van der Waals surface area (Å²) in [5.41, 5.74) is 5.88. The predicted molar refractivity (Wildman–Crippen MR) is 81.5 cm³/mol. The van der Waals surface area contributed by atoms with Gasteiger partial charge in [0.1, 0.15) is 11.5 Å². The topological polar surface area (TPSA) is 52.3 Å². The minimum absolute atomic E-state index is 0.119. The summed E-state index contributed by atoms with van der Waals surface area (Å²) in [6.45, 7) is 7.55. The molecule has 19 heavy (non-hydrogen) atoms. The Kier molecular flexibility index (Phi) is 4.80. The van der Waals surface area contributed by atoms with Gasteiger partial charge in [0.05, 0.1) is 7.11 Å². The summed E-state index contributed by atoms with van der Waals surface area (Å²) < 4.78 is 6.10. The molecule has 0 aliphatic carbocycles. The SMILES string of the molecule is COc1ccc(Br)c(CC(=O)C(C)(C)C(C)(C)N)c1. The monoisotopic (exact) mass is 327 g/mol. The molecule has 106 valence electrons. The second-order valence-corrected chi connectivity index (χ2v) is 6.76. The molecule has 1 aromatic carbocycles. The largest absolute Gasteiger partial charge is 0.497 e. The zero-order chi connectivity index (χ0) is 14.8. The molecule has 0 bridgehead atoms. The number of carbonyl (C=O) groups excluding carboxylic acids is 1. The van der Waals surface area contributed by atoms with Gasteiger partial charge in [0, 0.05) is 21.8 Å². The minimum Gasteiger partial charge on any atom is -0.497 e. The molecule has 3 nitrogen and oxygen atoms in total. The number of methoxy groups -OCH3 is 1. The van der Waals surface area contributed by atoms with Crippen LogP contribution in [0.2, 0.25) is 0 Å². The average molecular weight is 328 g/mol. The summed E-state index contributed by atoms with van der Waals surface area (Å²) in [7, 11) is 1.61. The second kappa shape index (κ2) is 5.63. The van der Waals surface area contributed by atoms with Gasteiger partial charge in [-0.25, -0.2) is 0 Å². The Labute approximate surface area is 123 Å². The number of carbonyl (C=O) groups is 1. The van der Waals surface area contributed by atoms with E-state index >= 15 is 0 Å². The van der Waals surface area contributed by atoms with Crippen molar-refractivity contribution >= 4 is 21.7 Å². The van der Waals surface area contributed by atoms with Crippen molar-refractivity contribution in [2.75, 3.05) is 7.11 Å². The Hall–Kier alpha value is -0.870. The maximum Gasteiger partial charge on any atom is 0.144 e. The third-order valence-corrected chi connectivity index (χ3v) is 4.69. The van der Waals surface area contributed by atoms with E-state index in [1.54, 1.807) is 7.11 Å². The number of ether oxygens (including phenoxy) is 1. The summed E-state index contributed by atoms with van der Waals surface area (Å²) in [5, 5.41) is 0. The summed E-state index contributed by atoms with van der Waals surface area (Å²) >= 11 is 3.47. The van der Waals surface area contributed by atoms with Crippen molar-refractivity contribution in [3.05, 3.63) is 28.2 Å². The molecule has 0 unspecified atom stereocenters. The van der Waals surface area contributed by atoms with Crippen LogP contribution < -0.4 is 10.5 Å². The first kappa shape index (κ1) is 16.2. The van der Waals surface area contributed by atoms with Crippen LogP contribution in [-0.4, -0.2) is 18.4 Å². The van der Waals surface area contributed by atoms with Crippen molar-refractivity contribution in [1.82, 2.24) is 0 Å². The van der Waals surface area contributed by atoms with Gasteiger partial charge >= 0.3 is 0 Å². The molecule has 0 aromatic heterocycles. The van der Waals surface area contributed by atoms with E-state index in [4.69, 9.17) is 10.5 Å². The van der Waals surface area contributed by atoms with Gasteiger partial charge in [0.2, 0.25) is 0 Å². The lowest BCUT2D eigenvalue weighted by atomic mass is 9.71. The van der Waals surface area contributed by atoms with E-state index in [-0.39, 0.29) is 5.78 Å². The van der Waals surface area contributed by atoms with E-state index in [1.165, 1.54) is 0 Å². The van der Waals surface area contributed by atoms with Gasteiger partial charge in [-0.2, -0.15) is 0 Å². The first-order chi connectivity index (χ1) is 8.59. The standard InChI is InChI=1S/C15H22BrNO2/c1-14(2,15(3,4)17)13(18)9-10-8-11(19-5)6-7-12(10)16/h6-8H,9,17H2,1-5H3. The van der Waals surface area contributed by atoms with Crippen molar-refractivity contribution in [2.24, 2.45) is 11.1 Å². The first-order valence-corrected chi connectivity index (χ1v) is 7.03. The maximum atomic E-state index is 12.5. The van der Waals surface area contributed by atoms with Crippen LogP contribution in [0.3, 0.4) is 0 Å². The average Bonchev–Trinajstić information content (AvgIpc) is 2.30. The molecular formula is C15H22BrNO2. The van der Waals surface area contributed by atoms with Crippen molar-refractivity contribution in [1.29, 1.82) is 0 Å². The van der Waals surface area contributed by atoms with E-state index in [1.807, 2.05) is 45.9 Å². The molecule has 0 fully saturated rings. The number of hydrogen-bond donors (Lipinski definition) is 1. The Balaban J connectivity index is 3.00. The van der Waals surface area contributed by atoms with E-state index in [0.717, 1.165) is 15.8 Å². The molecular weight excluding hydrogens is 306 g/mol. The molecule has 0 amide bonds. The summed E-state index contributed by atoms with van der Waals surface area (Å²) in [5.74, 6) is 0.866. The summed E-state index contributed by atoms with van der Waals surface area (Å²) in [6, 6.07) is 5.62. The number of Topliss-reactive ketones (excluding diaryl/α,β-unsaturated/α-hetero) is 1. The highest BCUT2D eigenvalue weighted by Gasteiger charge is 2.39. The molecule has 1 aromatic rings. The second-order valence-electron chi connectivity index (χ2n) is 5.90. The Morgan fingerprint density at radius 2 is 1.89 bits per heavy atom. The number of ketones is 1. The molecule has 0 spiro atoms. The van der Waals surface area contributed by atoms with Gasteiger partial charge in [-0.15, -0.1) is 0 Å². The molecule has 0 atom stereocenters. The van der Waals surface area contributed by atoms with Crippen molar-refractivity contribution in [2.45, 2.75) is 39.7 Å². The predicted octanol–water partition coefficient (Wildman–Crippen LogP) is 3.33. The molecule has 4 heteroatoms. The number of hydrogen-bond acceptors (Lipinski definition) is 3. The fourth-order valence-corrected chi connectivity index (χ4v) is 1.95. The molecule has 2 N–H and O–H groups in total. The van der Waals surface area contributed by atoms with Crippen LogP contribution in [0.25, 0.3) is 0 Å². The van der Waals surface area contributed by atoms with Gasteiger partial charge in [0.25, 0.3) is 0 Å². The maximum absolute atomic E-state index is 12.5. The Morgan fingerprint density at radius 1 is 1.32 bits per heavy atom. The number of halogens is 1. The van der Waals surface area contributed by atoms with E-state index in [2.05, 4.69) is 15.9 Å². The van der Waals surface area contributed by atoms with Crippen LogP contribution in [-0.2, 0) is 11.2 Å². The highest BCUT2D eigenvalue weighted by molar-refractivity contribution is 9.10. The quantitative estimate of drug-likeness (QED) is 0.902. The van der Waals surface area contributed by atoms with Gasteiger partial charge in [0.15, 0.2) is 0 Å². The van der Waals surface area contributed by atoms with Crippen LogP contribution >= 0.6 is 15.9 Å². The third-order valence-electron chi connectivity index (χ3n) is 3.91. The first-order valence-electron chi connectivity index (χ1n) is 6.24. The summed E-state index contributed by atoms with van der Waals surface area (Å²) in [6.07, 6.45) is 0.339. The van der Waals surface area contributed by atoms with Gasteiger partial charge in [-0.05, 0) is 37.6 Å². The lowest BCUT2D eigenvalue weighted by Crippen LogP contribution is -2.52. The number of rotatable bonds is 5. The number of nitrogens with two attached hydrogens (primary N) is 1. The fraction of sp³-hybridized carbons (Fsp3) is 0.533. The molecule has 0 radical (unpaired) electrons. The Morgan fingerprint density at radius 3 is 2.37 bits per heavy atom. The zero-order valence-electron chi connectivity index (χ0n) is 12.2. The number of benzene rings is 1. The Bertz CT molecular complexity index is 476. The highest BCUT2D eigenvalue weighted by atomic mass is 79.9. The van der Waals surface area contributed by atoms with Crippen molar-refractivity contribution < 1.29 is 9.53 Å². The molecule has 0 saturated carbocycles. The highest BCUT2D eigenvalue weighted by Crippen LogP contribution is 2.32. The fourth-order valence-electron chi connectivity index (χ4n) is 1.57. The van der Waals surface area contributed by atoms with Crippen LogP contribution in [0.1, 0.15) is 33.3 Å². The minimum atomic E-state index is -0.588. The molecule has 1 rings (SSSR count). The normalized spacial score (nSPS) is 12.4. The van der Waals surface area contributed by atoms with Gasteiger partial charge in [-0.3, -0.25) is 4.79 Å². The molecule has 0 saturated heterocycles. The van der Waals surface area contributed by atoms with Crippen molar-refractivity contribution in [3.8, 4) is 5.75 Å². The van der Waals surface area contributed by atoms with Crippen LogP contribution in [0.4, 0.5) is 0 Å². The summed E-state index contributed by atoms with van der Waals surface area (Å²) in [4.78, 5) is 12.5. The smallest absolute Gasteiger partial charge is 0.144 e. The zero-order valence-corrected chi connectivity index (χ0v) is 13.8. The van der Waals surface area contributed by atoms with Crippen molar-refractivity contribution in [3.63, 3.8) is 0 Å². The molecule has 0 aliphatic rings.